The molecule has 0 spiro atoms. The van der Waals surface area contributed by atoms with Gasteiger partial charge in [-0.05, 0) is 56.7 Å². The summed E-state index contributed by atoms with van der Waals surface area (Å²) in [7, 11) is 0. The first-order valence-electron chi connectivity index (χ1n) is 13.9. The van der Waals surface area contributed by atoms with Crippen LogP contribution in [-0.2, 0) is 35.1 Å². The van der Waals surface area contributed by atoms with E-state index in [1.807, 2.05) is 13.8 Å². The molecule has 0 radical (unpaired) electrons. The fourth-order valence-corrected chi connectivity index (χ4v) is 4.15. The molecule has 212 valence electrons. The second-order valence-electron chi connectivity index (χ2n) is 9.96. The van der Waals surface area contributed by atoms with E-state index in [9.17, 15) is 19.2 Å². The number of carbonyl (C=O) groups is 4. The lowest BCUT2D eigenvalue weighted by atomic mass is 9.89. The standard InChI is InChI=1S/C29H43NO8/c1-4-6-13-26(31)37-24-16-15-21(18-25(24)38-27(32)14-7-5-2)17-23(30)29(34)36-20(3)19-35-28(33)22-11-9-8-10-12-22/h15-16,18,20,22-23H,4-14,17,19,30H2,1-3H3/t20-,23-/m0/s1. The van der Waals surface area contributed by atoms with E-state index in [0.717, 1.165) is 44.9 Å². The molecule has 1 saturated carbocycles. The van der Waals surface area contributed by atoms with Crippen molar-refractivity contribution in [1.82, 2.24) is 0 Å². The van der Waals surface area contributed by atoms with Gasteiger partial charge < -0.3 is 24.7 Å². The highest BCUT2D eigenvalue weighted by atomic mass is 16.6. The second-order valence-corrected chi connectivity index (χ2v) is 9.96. The average molecular weight is 534 g/mol. The van der Waals surface area contributed by atoms with Crippen LogP contribution >= 0.6 is 0 Å². The van der Waals surface area contributed by atoms with Gasteiger partial charge in [0.2, 0.25) is 0 Å². The summed E-state index contributed by atoms with van der Waals surface area (Å²) in [6, 6.07) is 3.75. The van der Waals surface area contributed by atoms with E-state index in [4.69, 9.17) is 24.7 Å². The van der Waals surface area contributed by atoms with Crippen molar-refractivity contribution < 1.29 is 38.1 Å². The molecular weight excluding hydrogens is 490 g/mol. The molecule has 0 heterocycles. The molecular formula is C29H43NO8. The second kappa shape index (κ2) is 16.8. The SMILES string of the molecule is CCCCC(=O)Oc1ccc(C[C@H](N)C(=O)O[C@@H](C)COC(=O)C2CCCCC2)cc1OC(=O)CCCC. The Bertz CT molecular complexity index is 925. The van der Waals surface area contributed by atoms with E-state index in [1.54, 1.807) is 19.1 Å². The zero-order valence-corrected chi connectivity index (χ0v) is 23.0. The van der Waals surface area contributed by atoms with Crippen LogP contribution in [0.1, 0.15) is 97.0 Å². The van der Waals surface area contributed by atoms with Crippen LogP contribution in [0.4, 0.5) is 0 Å². The van der Waals surface area contributed by atoms with Gasteiger partial charge in [0.05, 0.1) is 5.92 Å². The van der Waals surface area contributed by atoms with Gasteiger partial charge in [-0.2, -0.15) is 0 Å². The van der Waals surface area contributed by atoms with Crippen LogP contribution in [0.3, 0.4) is 0 Å². The minimum Gasteiger partial charge on any atom is -0.462 e. The lowest BCUT2D eigenvalue weighted by Crippen LogP contribution is -2.37. The fourth-order valence-electron chi connectivity index (χ4n) is 4.15. The molecule has 9 heteroatoms. The number of esters is 4. The quantitative estimate of drug-likeness (QED) is 0.249. The van der Waals surface area contributed by atoms with E-state index in [2.05, 4.69) is 0 Å². The summed E-state index contributed by atoms with van der Waals surface area (Å²) in [5.41, 5.74) is 6.69. The molecule has 2 atom stereocenters. The molecule has 1 aromatic rings. The van der Waals surface area contributed by atoms with Crippen LogP contribution in [0.15, 0.2) is 18.2 Å². The fraction of sp³-hybridized carbons (Fsp3) is 0.655. The van der Waals surface area contributed by atoms with E-state index >= 15 is 0 Å². The van der Waals surface area contributed by atoms with Crippen molar-refractivity contribution in [2.75, 3.05) is 6.61 Å². The summed E-state index contributed by atoms with van der Waals surface area (Å²) in [5, 5.41) is 0. The van der Waals surface area contributed by atoms with Crippen LogP contribution < -0.4 is 15.2 Å². The number of unbranched alkanes of at least 4 members (excludes halogenated alkanes) is 2. The van der Waals surface area contributed by atoms with E-state index in [0.29, 0.717) is 18.4 Å². The average Bonchev–Trinajstić information content (AvgIpc) is 2.91. The molecule has 1 aromatic carbocycles. The van der Waals surface area contributed by atoms with Crippen LogP contribution in [0.5, 0.6) is 11.5 Å². The van der Waals surface area contributed by atoms with Gasteiger partial charge in [-0.1, -0.05) is 52.0 Å². The molecule has 0 saturated heterocycles. The predicted octanol–water partition coefficient (Wildman–Crippen LogP) is 4.80. The first-order chi connectivity index (χ1) is 18.2. The third-order valence-corrected chi connectivity index (χ3v) is 6.40. The minimum atomic E-state index is -0.993. The van der Waals surface area contributed by atoms with Crippen LogP contribution in [0.25, 0.3) is 0 Å². The van der Waals surface area contributed by atoms with Gasteiger partial charge >= 0.3 is 23.9 Å². The molecule has 0 unspecified atom stereocenters. The van der Waals surface area contributed by atoms with Crippen molar-refractivity contribution in [1.29, 1.82) is 0 Å². The minimum absolute atomic E-state index is 0.0241. The summed E-state index contributed by atoms with van der Waals surface area (Å²) in [6.45, 7) is 5.57. The Morgan fingerprint density at radius 2 is 1.53 bits per heavy atom. The highest BCUT2D eigenvalue weighted by Crippen LogP contribution is 2.30. The van der Waals surface area contributed by atoms with Crippen LogP contribution in [-0.4, -0.2) is 42.6 Å². The van der Waals surface area contributed by atoms with Crippen molar-refractivity contribution in [3.05, 3.63) is 23.8 Å². The molecule has 38 heavy (non-hydrogen) atoms. The Labute approximate surface area is 225 Å². The predicted molar refractivity (Wildman–Crippen MR) is 142 cm³/mol. The van der Waals surface area contributed by atoms with Crippen molar-refractivity contribution in [2.24, 2.45) is 11.7 Å². The van der Waals surface area contributed by atoms with Gasteiger partial charge in [0.15, 0.2) is 11.5 Å². The Hall–Kier alpha value is -2.94. The maximum Gasteiger partial charge on any atom is 0.323 e. The largest absolute Gasteiger partial charge is 0.462 e. The van der Waals surface area contributed by atoms with Gasteiger partial charge in [0.25, 0.3) is 0 Å². The Kier molecular flexibility index (Phi) is 13.8. The van der Waals surface area contributed by atoms with E-state index in [1.165, 1.54) is 6.07 Å². The molecule has 1 aliphatic carbocycles. The molecule has 9 nitrogen and oxygen atoms in total. The normalized spacial score (nSPS) is 15.3. The van der Waals surface area contributed by atoms with E-state index in [-0.39, 0.29) is 49.3 Å². The Morgan fingerprint density at radius 3 is 2.13 bits per heavy atom. The highest BCUT2D eigenvalue weighted by molar-refractivity contribution is 5.77. The van der Waals surface area contributed by atoms with Crippen molar-refractivity contribution in [3.8, 4) is 11.5 Å². The van der Waals surface area contributed by atoms with Crippen molar-refractivity contribution in [2.45, 2.75) is 110 Å². The highest BCUT2D eigenvalue weighted by Gasteiger charge is 2.25. The van der Waals surface area contributed by atoms with E-state index < -0.39 is 30.1 Å². The van der Waals surface area contributed by atoms with Gasteiger partial charge in [-0.15, -0.1) is 0 Å². The molecule has 2 N–H and O–H groups in total. The lowest BCUT2D eigenvalue weighted by molar-refractivity contribution is -0.161. The zero-order valence-electron chi connectivity index (χ0n) is 23.0. The zero-order chi connectivity index (χ0) is 27.9. The maximum atomic E-state index is 12.6. The summed E-state index contributed by atoms with van der Waals surface area (Å²) >= 11 is 0. The Morgan fingerprint density at radius 1 is 0.921 bits per heavy atom. The summed E-state index contributed by atoms with van der Waals surface area (Å²) < 4.78 is 21.6. The van der Waals surface area contributed by atoms with Crippen molar-refractivity contribution >= 4 is 23.9 Å². The van der Waals surface area contributed by atoms with Gasteiger partial charge in [-0.25, -0.2) is 0 Å². The van der Waals surface area contributed by atoms with Crippen molar-refractivity contribution in [3.63, 3.8) is 0 Å². The first kappa shape index (κ1) is 31.3. The molecule has 0 amide bonds. The number of benzene rings is 1. The monoisotopic (exact) mass is 533 g/mol. The Balaban J connectivity index is 1.96. The molecule has 2 rings (SSSR count). The molecule has 0 aliphatic heterocycles. The third-order valence-electron chi connectivity index (χ3n) is 6.40. The van der Waals surface area contributed by atoms with Gasteiger partial charge in [-0.3, -0.25) is 19.2 Å². The maximum absolute atomic E-state index is 12.6. The topological polar surface area (TPSA) is 131 Å². The molecule has 1 aliphatic rings. The number of nitrogens with two attached hydrogens (primary N) is 1. The smallest absolute Gasteiger partial charge is 0.323 e. The number of hydrogen-bond donors (Lipinski definition) is 1. The molecule has 0 bridgehead atoms. The number of rotatable bonds is 15. The number of ether oxygens (including phenoxy) is 4. The number of hydrogen-bond acceptors (Lipinski definition) is 9. The lowest BCUT2D eigenvalue weighted by Gasteiger charge is -2.22. The number of carbonyl (C=O) groups excluding carboxylic acids is 4. The first-order valence-corrected chi connectivity index (χ1v) is 13.9. The van der Waals surface area contributed by atoms with Crippen LogP contribution in [0.2, 0.25) is 0 Å². The van der Waals surface area contributed by atoms with Gasteiger partial charge in [0.1, 0.15) is 18.8 Å². The summed E-state index contributed by atoms with van der Waals surface area (Å²) in [5.74, 6) is -1.55. The van der Waals surface area contributed by atoms with Gasteiger partial charge in [0, 0.05) is 12.8 Å². The third kappa shape index (κ3) is 11.2. The molecule has 1 fully saturated rings. The molecule has 0 aromatic heterocycles. The summed E-state index contributed by atoms with van der Waals surface area (Å²) in [4.78, 5) is 49.2. The summed E-state index contributed by atoms with van der Waals surface area (Å²) in [6.07, 6.45) is 7.89. The van der Waals surface area contributed by atoms with Crippen LogP contribution in [0, 0.1) is 5.92 Å².